The van der Waals surface area contributed by atoms with Crippen molar-refractivity contribution in [3.63, 3.8) is 0 Å². The van der Waals surface area contributed by atoms with Gasteiger partial charge in [-0.2, -0.15) is 0 Å². The van der Waals surface area contributed by atoms with Gasteiger partial charge in [0, 0.05) is 38.4 Å². The van der Waals surface area contributed by atoms with Gasteiger partial charge in [-0.25, -0.2) is 10.0 Å². The second-order valence-corrected chi connectivity index (χ2v) is 30.9. The summed E-state index contributed by atoms with van der Waals surface area (Å²) in [5.41, 5.74) is 14.7. The predicted octanol–water partition coefficient (Wildman–Crippen LogP) is 13.2. The fourth-order valence-electron chi connectivity index (χ4n) is 11.0. The first-order valence-electron chi connectivity index (χ1n) is 20.1. The highest BCUT2D eigenvalue weighted by Gasteiger charge is 2.69. The van der Waals surface area contributed by atoms with Crippen LogP contribution in [0.1, 0.15) is 101 Å². The van der Waals surface area contributed by atoms with Gasteiger partial charge in [-0.1, -0.05) is 85.2 Å². The summed E-state index contributed by atoms with van der Waals surface area (Å²) in [4.78, 5) is 0. The molecule has 0 amide bonds. The van der Waals surface area contributed by atoms with Crippen molar-refractivity contribution in [1.29, 1.82) is 0 Å². The first-order chi connectivity index (χ1) is 25.0. The van der Waals surface area contributed by atoms with Gasteiger partial charge in [0.1, 0.15) is 0 Å². The van der Waals surface area contributed by atoms with Crippen LogP contribution in [-0.4, -0.2) is 59.7 Å². The zero-order valence-corrected chi connectivity index (χ0v) is 36.8. The number of unbranched alkanes of at least 4 members (excludes halogenated alkanes) is 3. The molecule has 0 fully saturated rings. The third-order valence-corrected chi connectivity index (χ3v) is 22.9. The second kappa shape index (κ2) is 13.7. The highest BCUT2D eigenvalue weighted by molar-refractivity contribution is 8.50. The summed E-state index contributed by atoms with van der Waals surface area (Å²) in [5.74, 6) is 2.90. The Morgan fingerprint density at radius 3 is 2.09 bits per heavy atom. The lowest BCUT2D eigenvalue weighted by molar-refractivity contribution is -0.00471. The molecule has 3 aliphatic rings. The number of fused-ring (bicyclic) bond motifs is 8. The average Bonchev–Trinajstić information content (AvgIpc) is 3.67. The molecule has 1 aromatic heterocycles. The Hall–Kier alpha value is -2.37. The van der Waals surface area contributed by atoms with E-state index in [1.54, 1.807) is 11.1 Å². The first-order valence-corrected chi connectivity index (χ1v) is 27.0. The summed E-state index contributed by atoms with van der Waals surface area (Å²) in [6, 6.07) is 26.2. The number of hydrogen-bond acceptors (Lipinski definition) is 1. The van der Waals surface area contributed by atoms with Crippen LogP contribution in [0.5, 0.6) is 0 Å². The van der Waals surface area contributed by atoms with E-state index < -0.39 is 19.2 Å². The highest BCUT2D eigenvalue weighted by Crippen LogP contribution is 2.93. The molecule has 3 aliphatic carbocycles. The molecule has 53 heavy (non-hydrogen) atoms. The summed E-state index contributed by atoms with van der Waals surface area (Å²) in [7, 11) is -3.96. The van der Waals surface area contributed by atoms with Crippen LogP contribution in [0.2, 0.25) is 0 Å². The number of allylic oxidation sites excluding steroid dienone is 3. The lowest BCUT2D eigenvalue weighted by Crippen LogP contribution is -2.54. The number of aromatic nitrogens is 1. The molecule has 1 heterocycles. The average molecular weight is 773 g/mol. The van der Waals surface area contributed by atoms with Crippen LogP contribution in [0.3, 0.4) is 0 Å². The number of thiol groups is 1. The number of alkyl halides is 1. The number of benzene rings is 3. The third-order valence-electron chi connectivity index (χ3n) is 13.6. The van der Waals surface area contributed by atoms with E-state index >= 15 is 0 Å². The molecule has 3 aromatic carbocycles. The largest absolute Gasteiger partial charge is 0.376 e. The summed E-state index contributed by atoms with van der Waals surface area (Å²) >= 11 is 7.30. The van der Waals surface area contributed by atoms with Gasteiger partial charge in [0.15, 0.2) is 0 Å². The van der Waals surface area contributed by atoms with E-state index in [9.17, 15) is 0 Å². The van der Waals surface area contributed by atoms with Gasteiger partial charge in [-0.15, -0.1) is 11.6 Å². The van der Waals surface area contributed by atoms with E-state index in [-0.39, 0.29) is 15.1 Å². The van der Waals surface area contributed by atoms with Gasteiger partial charge in [-0.3, -0.25) is 9.16 Å². The van der Waals surface area contributed by atoms with Crippen molar-refractivity contribution in [3.05, 3.63) is 112 Å². The third kappa shape index (κ3) is 5.94. The molecule has 1 atom stereocenters. The Balaban J connectivity index is 1.54. The minimum absolute atomic E-state index is 0.0878. The molecule has 0 bridgehead atoms. The molecule has 2 nitrogen and oxygen atoms in total. The topological polar surface area (TPSA) is 14.2 Å². The zero-order chi connectivity index (χ0) is 38.1. The molecule has 5 heteroatoms. The van der Waals surface area contributed by atoms with Crippen molar-refractivity contribution >= 4 is 47.3 Å². The Labute approximate surface area is 328 Å². The number of halogens is 1. The molecule has 288 valence electrons. The fraction of sp³-hybridized carbons (Fsp3) is 0.500. The molecule has 0 saturated heterocycles. The summed E-state index contributed by atoms with van der Waals surface area (Å²) < 4.78 is 8.54. The molecule has 1 unspecified atom stereocenters. The monoisotopic (exact) mass is 771 g/mol. The number of nitrogens with zero attached hydrogens (tertiary/aromatic N) is 1. The predicted molar refractivity (Wildman–Crippen MR) is 243 cm³/mol. The number of hydrogen-bond donors (Lipinski definition) is 1. The molecule has 0 N–H and O–H groups in total. The molecular formula is C48H66ClNOS2. The standard InChI is InChI=1S/C48H66ClNOS2/c1-35-27-28-43-39(33-35)44-45(50(43)34-52(6,7)8)38-23-15-18-26-42(38)48(44,29-30-49)53(9,10,32-20-12-11-19-31-51-46(2,3)4)47(5)40-24-16-13-21-36(40)37-22-14-17-25-41(37)47/h13-14,16-17,21-28,33,53H,11-12,15,18-20,29-32,34H2,1-10H3. The Morgan fingerprint density at radius 1 is 0.849 bits per heavy atom. The van der Waals surface area contributed by atoms with Crippen molar-refractivity contribution in [3.8, 4) is 11.1 Å². The summed E-state index contributed by atoms with van der Waals surface area (Å²) in [5, 5.41) is 1.46. The maximum Gasteiger partial charge on any atom is 0.0598 e. The SMILES string of the molecule is Cc1ccc2c(c1)c1c(n2CS(C)(C)C)C2=CCCC=C2C1(CCCl)[SH](C)(C)(CCCCCCOC(C)(C)C)C1(C)c2ccccc2-c2ccccc21. The molecule has 4 aromatic rings. The highest BCUT2D eigenvalue weighted by atomic mass is 35.5. The Kier molecular flexibility index (Phi) is 10.0. The van der Waals surface area contributed by atoms with Gasteiger partial charge in [-0.05, 0) is 149 Å². The first kappa shape index (κ1) is 38.9. The summed E-state index contributed by atoms with van der Waals surface area (Å²) in [6.07, 6.45) is 26.3. The quantitative estimate of drug-likeness (QED) is 0.0812. The normalized spacial score (nSPS) is 20.2. The minimum atomic E-state index is -3.10. The molecule has 0 aliphatic heterocycles. The lowest BCUT2D eigenvalue weighted by atomic mass is 9.88. The lowest BCUT2D eigenvalue weighted by Gasteiger charge is -2.76. The van der Waals surface area contributed by atoms with Crippen LogP contribution in [0.25, 0.3) is 27.6 Å². The smallest absolute Gasteiger partial charge is 0.0598 e. The van der Waals surface area contributed by atoms with Gasteiger partial charge in [0.2, 0.25) is 0 Å². The molecule has 0 saturated carbocycles. The van der Waals surface area contributed by atoms with Crippen LogP contribution < -0.4 is 0 Å². The molecular weight excluding hydrogens is 706 g/mol. The Morgan fingerprint density at radius 2 is 1.47 bits per heavy atom. The van der Waals surface area contributed by atoms with Crippen molar-refractivity contribution in [2.75, 3.05) is 49.5 Å². The van der Waals surface area contributed by atoms with E-state index in [1.807, 2.05) is 0 Å². The molecule has 0 spiro atoms. The van der Waals surface area contributed by atoms with E-state index in [0.29, 0.717) is 5.88 Å². The van der Waals surface area contributed by atoms with Crippen molar-refractivity contribution in [2.45, 2.75) is 101 Å². The fourth-order valence-corrected chi connectivity index (χ4v) is 19.9. The van der Waals surface area contributed by atoms with E-state index in [4.69, 9.17) is 16.3 Å². The maximum absolute atomic E-state index is 7.30. The van der Waals surface area contributed by atoms with Gasteiger partial charge in [0.25, 0.3) is 0 Å². The van der Waals surface area contributed by atoms with Gasteiger partial charge in [0.05, 0.1) is 17.2 Å². The minimum Gasteiger partial charge on any atom is -0.376 e. The van der Waals surface area contributed by atoms with Crippen molar-refractivity contribution < 1.29 is 4.74 Å². The number of ether oxygens (including phenoxy) is 1. The van der Waals surface area contributed by atoms with Gasteiger partial charge >= 0.3 is 0 Å². The second-order valence-electron chi connectivity index (χ2n) is 19.2. The van der Waals surface area contributed by atoms with Crippen molar-refractivity contribution in [1.82, 2.24) is 4.57 Å². The zero-order valence-electron chi connectivity index (χ0n) is 34.4. The number of rotatable bonds is 13. The summed E-state index contributed by atoms with van der Waals surface area (Å²) in [6.45, 7) is 12.3. The van der Waals surface area contributed by atoms with Crippen LogP contribution in [0.15, 0.2) is 84.5 Å². The van der Waals surface area contributed by atoms with E-state index in [0.717, 1.165) is 38.2 Å². The van der Waals surface area contributed by atoms with E-state index in [1.165, 1.54) is 75.0 Å². The van der Waals surface area contributed by atoms with Crippen molar-refractivity contribution in [2.24, 2.45) is 0 Å². The van der Waals surface area contributed by atoms with Gasteiger partial charge < -0.3 is 9.30 Å². The van der Waals surface area contributed by atoms with Crippen LogP contribution in [0.4, 0.5) is 0 Å². The van der Waals surface area contributed by atoms with Crippen LogP contribution >= 0.6 is 30.8 Å². The van der Waals surface area contributed by atoms with Crippen LogP contribution in [-0.2, 0) is 20.1 Å². The Bertz CT molecular complexity index is 2060. The van der Waals surface area contributed by atoms with E-state index in [2.05, 4.69) is 149 Å². The van der Waals surface area contributed by atoms with Crippen LogP contribution in [0, 0.1) is 6.92 Å². The number of aryl methyl sites for hydroxylation is 1. The molecule has 0 radical (unpaired) electrons. The maximum atomic E-state index is 7.30. The molecule has 7 rings (SSSR count).